The van der Waals surface area contributed by atoms with Gasteiger partial charge in [-0.1, -0.05) is 0 Å². The van der Waals surface area contributed by atoms with Crippen LogP contribution in [0.2, 0.25) is 0 Å². The second-order valence-electron chi connectivity index (χ2n) is 2.21. The molecule has 0 unspecified atom stereocenters. The Labute approximate surface area is 59.0 Å². The highest BCUT2D eigenvalue weighted by molar-refractivity contribution is 5.88. The molecule has 1 aliphatic rings. The van der Waals surface area contributed by atoms with E-state index < -0.39 is 0 Å². The molecule has 0 aromatic carbocycles. The lowest BCUT2D eigenvalue weighted by Crippen LogP contribution is -2.10. The summed E-state index contributed by atoms with van der Waals surface area (Å²) >= 11 is 0. The summed E-state index contributed by atoms with van der Waals surface area (Å²) in [6.45, 7) is 0.273. The van der Waals surface area contributed by atoms with Gasteiger partial charge in [-0.3, -0.25) is 4.79 Å². The van der Waals surface area contributed by atoms with E-state index in [2.05, 4.69) is 5.10 Å². The van der Waals surface area contributed by atoms with Crippen molar-refractivity contribution in [3.05, 3.63) is 0 Å². The second-order valence-corrected chi connectivity index (χ2v) is 2.21. The number of hydrazone groups is 1. The highest BCUT2D eigenvalue weighted by Gasteiger charge is 2.11. The molecule has 0 atom stereocenters. The molecule has 1 rings (SSSR count). The Morgan fingerprint density at radius 3 is 3.00 bits per heavy atom. The quantitative estimate of drug-likeness (QED) is 0.295. The first-order valence-electron chi connectivity index (χ1n) is 3.24. The number of rotatable bonds is 0. The normalized spacial score (nSPS) is 24.0. The van der Waals surface area contributed by atoms with Crippen molar-refractivity contribution < 1.29 is 9.53 Å². The van der Waals surface area contributed by atoms with Gasteiger partial charge in [0, 0.05) is 6.42 Å². The Kier molecular flexibility index (Phi) is 2.25. The minimum atomic E-state index is -0.154. The number of nitrogens with two attached hydrogens (primary N) is 1. The second kappa shape index (κ2) is 3.20. The van der Waals surface area contributed by atoms with Crippen molar-refractivity contribution in [3.63, 3.8) is 0 Å². The molecule has 0 radical (unpaired) electrons. The maximum atomic E-state index is 10.6. The van der Waals surface area contributed by atoms with Crippen molar-refractivity contribution in [3.8, 4) is 0 Å². The predicted molar refractivity (Wildman–Crippen MR) is 36.4 cm³/mol. The zero-order valence-corrected chi connectivity index (χ0v) is 5.67. The first-order valence-corrected chi connectivity index (χ1v) is 3.24. The lowest BCUT2D eigenvalue weighted by Gasteiger charge is -1.97. The number of carbonyl (C=O) groups excluding carboxylic acids is 1. The number of cyclic esters (lactones) is 1. The van der Waals surface area contributed by atoms with Crippen LogP contribution >= 0.6 is 0 Å². The summed E-state index contributed by atoms with van der Waals surface area (Å²) in [4.78, 5) is 10.6. The summed E-state index contributed by atoms with van der Waals surface area (Å²) in [6.07, 6.45) is 2.07. The third-order valence-electron chi connectivity index (χ3n) is 1.43. The molecule has 4 heteroatoms. The maximum absolute atomic E-state index is 10.6. The van der Waals surface area contributed by atoms with Crippen LogP contribution in [0, 0.1) is 0 Å². The number of hydrogen-bond donors (Lipinski definition) is 1. The van der Waals surface area contributed by atoms with Gasteiger partial charge in [-0.05, 0) is 12.8 Å². The molecule has 0 spiro atoms. The fourth-order valence-electron chi connectivity index (χ4n) is 0.847. The molecule has 0 saturated carbocycles. The molecule has 0 bridgehead atoms. The first kappa shape index (κ1) is 7.05. The molecule has 0 amide bonds. The van der Waals surface area contributed by atoms with Gasteiger partial charge >= 0.3 is 5.97 Å². The van der Waals surface area contributed by atoms with Crippen molar-refractivity contribution in [1.29, 1.82) is 0 Å². The van der Waals surface area contributed by atoms with Crippen LogP contribution in [0.4, 0.5) is 0 Å². The van der Waals surface area contributed by atoms with E-state index in [4.69, 9.17) is 10.6 Å². The van der Waals surface area contributed by atoms with Gasteiger partial charge in [-0.2, -0.15) is 5.10 Å². The highest BCUT2D eigenvalue weighted by Crippen LogP contribution is 2.05. The molecular weight excluding hydrogens is 132 g/mol. The van der Waals surface area contributed by atoms with Gasteiger partial charge in [-0.25, -0.2) is 0 Å². The summed E-state index contributed by atoms with van der Waals surface area (Å²) in [6, 6.07) is 0. The summed E-state index contributed by atoms with van der Waals surface area (Å²) in [5.41, 5.74) is 0.769. The van der Waals surface area contributed by atoms with Crippen LogP contribution in [-0.2, 0) is 9.53 Å². The summed E-state index contributed by atoms with van der Waals surface area (Å²) < 4.78 is 4.76. The average molecular weight is 142 g/mol. The van der Waals surface area contributed by atoms with E-state index in [-0.39, 0.29) is 12.6 Å². The largest absolute Gasteiger partial charge is 0.459 e. The maximum Gasteiger partial charge on any atom is 0.306 e. The molecule has 0 aliphatic carbocycles. The zero-order valence-electron chi connectivity index (χ0n) is 5.67. The molecular formula is C6H10N2O2. The smallest absolute Gasteiger partial charge is 0.306 e. The summed E-state index contributed by atoms with van der Waals surface area (Å²) in [7, 11) is 0. The van der Waals surface area contributed by atoms with E-state index in [1.165, 1.54) is 0 Å². The molecule has 0 aromatic heterocycles. The van der Waals surface area contributed by atoms with Crippen molar-refractivity contribution in [2.45, 2.75) is 19.3 Å². The Morgan fingerprint density at radius 1 is 1.50 bits per heavy atom. The Morgan fingerprint density at radius 2 is 2.30 bits per heavy atom. The lowest BCUT2D eigenvalue weighted by molar-refractivity contribution is -0.141. The summed E-state index contributed by atoms with van der Waals surface area (Å²) in [5.74, 6) is 4.86. The fraction of sp³-hybridized carbons (Fsp3) is 0.667. The van der Waals surface area contributed by atoms with Gasteiger partial charge < -0.3 is 10.6 Å². The summed E-state index contributed by atoms with van der Waals surface area (Å²) in [5, 5.41) is 3.48. The van der Waals surface area contributed by atoms with Crippen LogP contribution < -0.4 is 5.84 Å². The number of nitrogens with zero attached hydrogens (tertiary/aromatic N) is 1. The van der Waals surface area contributed by atoms with Gasteiger partial charge in [-0.15, -0.1) is 0 Å². The van der Waals surface area contributed by atoms with E-state index >= 15 is 0 Å². The Balaban J connectivity index is 2.48. The number of carbonyl (C=O) groups is 1. The molecule has 10 heavy (non-hydrogen) atoms. The third kappa shape index (κ3) is 1.72. The topological polar surface area (TPSA) is 64.7 Å². The molecule has 2 N–H and O–H groups in total. The zero-order chi connectivity index (χ0) is 7.40. The van der Waals surface area contributed by atoms with Gasteiger partial charge in [0.05, 0.1) is 5.71 Å². The van der Waals surface area contributed by atoms with Crippen LogP contribution in [-0.4, -0.2) is 18.3 Å². The van der Waals surface area contributed by atoms with Crippen LogP contribution in [0.15, 0.2) is 5.10 Å². The van der Waals surface area contributed by atoms with Crippen LogP contribution in [0.3, 0.4) is 0 Å². The molecule has 4 nitrogen and oxygen atoms in total. The minimum Gasteiger partial charge on any atom is -0.459 e. The molecule has 0 aromatic rings. The van der Waals surface area contributed by atoms with Crippen LogP contribution in [0.25, 0.3) is 0 Å². The number of esters is 1. The molecule has 56 valence electrons. The SMILES string of the molecule is N/N=C1/CCCC(=O)OC1. The van der Waals surface area contributed by atoms with E-state index in [0.717, 1.165) is 18.6 Å². The van der Waals surface area contributed by atoms with E-state index in [9.17, 15) is 4.79 Å². The standard InChI is InChI=1S/C6H10N2O2/c7-8-5-2-1-3-6(9)10-4-5/h1-4,7H2/b8-5-. The fourth-order valence-corrected chi connectivity index (χ4v) is 0.847. The average Bonchev–Trinajstić information content (AvgIpc) is 2.14. The van der Waals surface area contributed by atoms with E-state index in [1.54, 1.807) is 0 Å². The predicted octanol–water partition coefficient (Wildman–Crippen LogP) is 0.0282. The van der Waals surface area contributed by atoms with Gasteiger partial charge in [0.15, 0.2) is 0 Å². The Hall–Kier alpha value is -1.06. The molecule has 1 aliphatic heterocycles. The van der Waals surface area contributed by atoms with Gasteiger partial charge in [0.25, 0.3) is 0 Å². The van der Waals surface area contributed by atoms with Crippen molar-refractivity contribution in [2.24, 2.45) is 10.9 Å². The van der Waals surface area contributed by atoms with Crippen LogP contribution in [0.1, 0.15) is 19.3 Å². The van der Waals surface area contributed by atoms with Crippen LogP contribution in [0.5, 0.6) is 0 Å². The molecule has 1 saturated heterocycles. The van der Waals surface area contributed by atoms with Gasteiger partial charge in [0.1, 0.15) is 6.61 Å². The molecule has 1 heterocycles. The highest BCUT2D eigenvalue weighted by atomic mass is 16.5. The minimum absolute atomic E-state index is 0.154. The number of ether oxygens (including phenoxy) is 1. The van der Waals surface area contributed by atoms with E-state index in [0.29, 0.717) is 6.42 Å². The first-order chi connectivity index (χ1) is 4.83. The van der Waals surface area contributed by atoms with E-state index in [1.807, 2.05) is 0 Å². The molecule has 1 fully saturated rings. The van der Waals surface area contributed by atoms with Crippen molar-refractivity contribution in [2.75, 3.05) is 6.61 Å². The van der Waals surface area contributed by atoms with Crippen molar-refractivity contribution in [1.82, 2.24) is 0 Å². The Bertz CT molecular complexity index is 165. The lowest BCUT2D eigenvalue weighted by atomic mass is 10.2. The monoisotopic (exact) mass is 142 g/mol. The van der Waals surface area contributed by atoms with Crippen molar-refractivity contribution >= 4 is 11.7 Å². The van der Waals surface area contributed by atoms with Gasteiger partial charge in [0.2, 0.25) is 0 Å². The third-order valence-corrected chi connectivity index (χ3v) is 1.43. The number of hydrogen-bond acceptors (Lipinski definition) is 4.